The van der Waals surface area contributed by atoms with Crippen molar-refractivity contribution in [3.63, 3.8) is 0 Å². The Morgan fingerprint density at radius 1 is 1.43 bits per heavy atom. The Morgan fingerprint density at radius 2 is 2.05 bits per heavy atom. The number of hydrogen-bond donors (Lipinski definition) is 2. The third-order valence-electron chi connectivity index (χ3n) is 3.98. The van der Waals surface area contributed by atoms with Crippen molar-refractivity contribution >= 4 is 6.09 Å². The summed E-state index contributed by atoms with van der Waals surface area (Å²) in [5, 5.41) is 12.7. The molecule has 1 aliphatic carbocycles. The van der Waals surface area contributed by atoms with Crippen molar-refractivity contribution in [3.05, 3.63) is 30.1 Å². The number of nitrogens with one attached hydrogen (secondary N) is 1. The molecule has 1 saturated carbocycles. The van der Waals surface area contributed by atoms with Gasteiger partial charge in [0.15, 0.2) is 0 Å². The molecule has 0 bridgehead atoms. The predicted octanol–water partition coefficient (Wildman–Crippen LogP) is 2.81. The summed E-state index contributed by atoms with van der Waals surface area (Å²) < 4.78 is 5.35. The van der Waals surface area contributed by atoms with Crippen LogP contribution in [-0.4, -0.2) is 28.4 Å². The van der Waals surface area contributed by atoms with Gasteiger partial charge in [-0.1, -0.05) is 6.42 Å². The molecule has 5 nitrogen and oxygen atoms in total. The Hall–Kier alpha value is -1.62. The maximum Gasteiger partial charge on any atom is 0.408 e. The van der Waals surface area contributed by atoms with Crippen molar-refractivity contribution in [2.24, 2.45) is 5.41 Å². The fourth-order valence-electron chi connectivity index (χ4n) is 2.74. The fraction of sp³-hybridized carbons (Fsp3) is 0.625. The Bertz CT molecular complexity index is 473. The van der Waals surface area contributed by atoms with E-state index in [-0.39, 0.29) is 18.1 Å². The lowest BCUT2D eigenvalue weighted by atomic mass is 9.63. The van der Waals surface area contributed by atoms with Gasteiger partial charge in [0.2, 0.25) is 0 Å². The Morgan fingerprint density at radius 3 is 2.48 bits per heavy atom. The van der Waals surface area contributed by atoms with Gasteiger partial charge in [0.1, 0.15) is 5.60 Å². The van der Waals surface area contributed by atoms with E-state index >= 15 is 0 Å². The van der Waals surface area contributed by atoms with Crippen LogP contribution in [0.15, 0.2) is 24.5 Å². The summed E-state index contributed by atoms with van der Waals surface area (Å²) in [6.45, 7) is 5.55. The number of carbonyl (C=O) groups is 1. The molecule has 0 aliphatic heterocycles. The second kappa shape index (κ2) is 6.02. The molecular formula is C16H24N2O3. The first-order chi connectivity index (χ1) is 9.86. The Labute approximate surface area is 125 Å². The number of hydrogen-bond acceptors (Lipinski definition) is 4. The summed E-state index contributed by atoms with van der Waals surface area (Å²) in [6, 6.07) is 3.49. The summed E-state index contributed by atoms with van der Waals surface area (Å²) in [5.74, 6) is 0. The highest BCUT2D eigenvalue weighted by Gasteiger charge is 2.45. The first-order valence-electron chi connectivity index (χ1n) is 7.37. The van der Waals surface area contributed by atoms with E-state index in [9.17, 15) is 9.90 Å². The van der Waals surface area contributed by atoms with Crippen molar-refractivity contribution in [3.8, 4) is 0 Å². The highest BCUT2D eigenvalue weighted by Crippen LogP contribution is 2.49. The molecule has 116 valence electrons. The lowest BCUT2D eigenvalue weighted by molar-refractivity contribution is -0.00404. The fourth-order valence-corrected chi connectivity index (χ4v) is 2.74. The number of aliphatic hydroxyl groups is 1. The quantitative estimate of drug-likeness (QED) is 0.895. The van der Waals surface area contributed by atoms with Crippen molar-refractivity contribution in [2.75, 3.05) is 6.61 Å². The zero-order valence-corrected chi connectivity index (χ0v) is 12.9. The summed E-state index contributed by atoms with van der Waals surface area (Å²) in [7, 11) is 0. The number of aliphatic hydroxyl groups excluding tert-OH is 1. The lowest BCUT2D eigenvalue weighted by Gasteiger charge is -2.46. The molecule has 1 aromatic heterocycles. The van der Waals surface area contributed by atoms with Crippen LogP contribution in [0, 0.1) is 5.41 Å². The predicted molar refractivity (Wildman–Crippen MR) is 79.7 cm³/mol. The molecular weight excluding hydrogens is 268 g/mol. The van der Waals surface area contributed by atoms with Crippen molar-refractivity contribution < 1.29 is 14.6 Å². The zero-order valence-electron chi connectivity index (χ0n) is 12.9. The second-order valence-electron chi connectivity index (χ2n) is 6.73. The van der Waals surface area contributed by atoms with Crippen LogP contribution in [0.5, 0.6) is 0 Å². The number of amides is 1. The molecule has 1 fully saturated rings. The van der Waals surface area contributed by atoms with Gasteiger partial charge in [-0.15, -0.1) is 0 Å². The third kappa shape index (κ3) is 3.73. The Kier molecular flexibility index (Phi) is 4.52. The van der Waals surface area contributed by atoms with Crippen molar-refractivity contribution in [1.82, 2.24) is 10.3 Å². The highest BCUT2D eigenvalue weighted by atomic mass is 16.6. The van der Waals surface area contributed by atoms with E-state index in [2.05, 4.69) is 10.3 Å². The van der Waals surface area contributed by atoms with Gasteiger partial charge in [-0.05, 0) is 51.3 Å². The molecule has 1 aliphatic rings. The van der Waals surface area contributed by atoms with E-state index in [0.29, 0.717) is 0 Å². The maximum atomic E-state index is 12.1. The molecule has 5 heteroatoms. The average molecular weight is 292 g/mol. The average Bonchev–Trinajstić information content (AvgIpc) is 2.36. The molecule has 1 amide bonds. The number of pyridine rings is 1. The van der Waals surface area contributed by atoms with Gasteiger partial charge < -0.3 is 15.2 Å². The minimum absolute atomic E-state index is 0.0514. The van der Waals surface area contributed by atoms with E-state index in [4.69, 9.17) is 4.74 Å². The largest absolute Gasteiger partial charge is 0.444 e. The van der Waals surface area contributed by atoms with Crippen LogP contribution in [0.25, 0.3) is 0 Å². The maximum absolute atomic E-state index is 12.1. The monoisotopic (exact) mass is 292 g/mol. The summed E-state index contributed by atoms with van der Waals surface area (Å²) in [6.07, 6.45) is 5.80. The van der Waals surface area contributed by atoms with Gasteiger partial charge >= 0.3 is 6.09 Å². The lowest BCUT2D eigenvalue weighted by Crippen LogP contribution is -2.48. The number of ether oxygens (including phenoxy) is 1. The van der Waals surface area contributed by atoms with Crippen LogP contribution in [-0.2, 0) is 4.74 Å². The number of alkyl carbamates (subject to hydrolysis) is 1. The number of rotatable bonds is 4. The number of carbonyl (C=O) groups excluding carboxylic acids is 1. The first-order valence-corrected chi connectivity index (χ1v) is 7.37. The molecule has 1 aromatic rings. The van der Waals surface area contributed by atoms with Gasteiger partial charge in [0.25, 0.3) is 0 Å². The molecule has 1 unspecified atom stereocenters. The molecule has 2 N–H and O–H groups in total. The normalized spacial score (nSPS) is 18.5. The SMILES string of the molecule is CC(C)(C)OC(=O)NC(c1ccncc1)C1(CO)CCC1. The minimum Gasteiger partial charge on any atom is -0.444 e. The highest BCUT2D eigenvalue weighted by molar-refractivity contribution is 5.68. The molecule has 2 rings (SSSR count). The second-order valence-corrected chi connectivity index (χ2v) is 6.73. The van der Waals surface area contributed by atoms with Gasteiger partial charge in [-0.2, -0.15) is 0 Å². The number of aromatic nitrogens is 1. The van der Waals surface area contributed by atoms with Crippen LogP contribution in [0.3, 0.4) is 0 Å². The first kappa shape index (κ1) is 15.8. The van der Waals surface area contributed by atoms with Gasteiger partial charge in [-0.25, -0.2) is 4.79 Å². The molecule has 21 heavy (non-hydrogen) atoms. The zero-order chi connectivity index (χ0) is 15.5. The molecule has 1 heterocycles. The molecule has 0 spiro atoms. The van der Waals surface area contributed by atoms with E-state index < -0.39 is 11.7 Å². The summed E-state index contributed by atoms with van der Waals surface area (Å²) in [4.78, 5) is 16.1. The van der Waals surface area contributed by atoms with Gasteiger partial charge in [0, 0.05) is 17.8 Å². The molecule has 0 aromatic carbocycles. The van der Waals surface area contributed by atoms with E-state index in [1.54, 1.807) is 12.4 Å². The van der Waals surface area contributed by atoms with Crippen LogP contribution in [0.2, 0.25) is 0 Å². The topological polar surface area (TPSA) is 71.5 Å². The third-order valence-corrected chi connectivity index (χ3v) is 3.98. The molecule has 0 saturated heterocycles. The van der Waals surface area contributed by atoms with Crippen LogP contribution < -0.4 is 5.32 Å². The van der Waals surface area contributed by atoms with Crippen LogP contribution in [0.4, 0.5) is 4.79 Å². The van der Waals surface area contributed by atoms with E-state index in [1.165, 1.54) is 0 Å². The Balaban J connectivity index is 2.19. The smallest absolute Gasteiger partial charge is 0.408 e. The van der Waals surface area contributed by atoms with Crippen molar-refractivity contribution in [2.45, 2.75) is 51.7 Å². The molecule has 0 radical (unpaired) electrons. The van der Waals surface area contributed by atoms with Crippen molar-refractivity contribution in [1.29, 1.82) is 0 Å². The van der Waals surface area contributed by atoms with Gasteiger partial charge in [-0.3, -0.25) is 4.98 Å². The number of nitrogens with zero attached hydrogens (tertiary/aromatic N) is 1. The van der Waals surface area contributed by atoms with Gasteiger partial charge in [0.05, 0.1) is 12.6 Å². The summed E-state index contributed by atoms with van der Waals surface area (Å²) in [5.41, 5.74) is 0.113. The van der Waals surface area contributed by atoms with Crippen LogP contribution in [0.1, 0.15) is 51.6 Å². The minimum atomic E-state index is -0.543. The van der Waals surface area contributed by atoms with E-state index in [0.717, 1.165) is 24.8 Å². The van der Waals surface area contributed by atoms with E-state index in [1.807, 2.05) is 32.9 Å². The van der Waals surface area contributed by atoms with Crippen LogP contribution >= 0.6 is 0 Å². The standard InChI is InChI=1S/C16H24N2O3/c1-15(2,3)21-14(20)18-13(12-5-9-17-10-6-12)16(11-19)7-4-8-16/h5-6,9-10,13,19H,4,7-8,11H2,1-3H3,(H,18,20). The summed E-state index contributed by atoms with van der Waals surface area (Å²) >= 11 is 0. The molecule has 1 atom stereocenters.